The standard InChI is InChI=1S/C26H30N8O/c1-3-35-7-6-33-22-9-23(33)17-32(16-22)25-5-4-18(13-30-25)24-8-19(20(10-27)12-29-2)15-34-26(24)21(11-28)14-31-34/h4-5,8,10,12-15,22-23,27,29H,3,6-7,9,16-17H2,1-2H3/b20-12+,27-10?. The molecule has 9 nitrogen and oxygen atoms in total. The Balaban J connectivity index is 1.42. The molecule has 3 saturated heterocycles. The smallest absolute Gasteiger partial charge is 0.128 e. The van der Waals surface area contributed by atoms with Gasteiger partial charge in [0.05, 0.1) is 23.9 Å². The summed E-state index contributed by atoms with van der Waals surface area (Å²) in [5.41, 5.74) is 4.57. The van der Waals surface area contributed by atoms with Crippen LogP contribution in [0.3, 0.4) is 0 Å². The average molecular weight is 471 g/mol. The minimum Gasteiger partial charge on any atom is -0.393 e. The lowest BCUT2D eigenvalue weighted by Crippen LogP contribution is -2.69. The number of rotatable bonds is 9. The van der Waals surface area contributed by atoms with Gasteiger partial charge >= 0.3 is 0 Å². The number of nitriles is 1. The first-order valence-corrected chi connectivity index (χ1v) is 12.0. The summed E-state index contributed by atoms with van der Waals surface area (Å²) in [6.45, 7) is 6.56. The number of fused-ring (bicyclic) bond motifs is 3. The van der Waals surface area contributed by atoms with Gasteiger partial charge in [-0.3, -0.25) is 4.90 Å². The maximum absolute atomic E-state index is 9.64. The predicted octanol–water partition coefficient (Wildman–Crippen LogP) is 2.78. The molecule has 2 bridgehead atoms. The number of anilines is 1. The van der Waals surface area contributed by atoms with Gasteiger partial charge in [-0.25, -0.2) is 9.50 Å². The van der Waals surface area contributed by atoms with Crippen LogP contribution >= 0.6 is 0 Å². The number of piperidine rings is 1. The van der Waals surface area contributed by atoms with Crippen molar-refractivity contribution < 1.29 is 4.74 Å². The number of pyridine rings is 2. The molecule has 0 aliphatic carbocycles. The van der Waals surface area contributed by atoms with E-state index in [-0.39, 0.29) is 0 Å². The number of hydrogen-bond donors (Lipinski definition) is 2. The molecule has 2 N–H and O–H groups in total. The van der Waals surface area contributed by atoms with Crippen molar-refractivity contribution in [3.8, 4) is 17.2 Å². The highest BCUT2D eigenvalue weighted by Gasteiger charge is 2.44. The van der Waals surface area contributed by atoms with E-state index in [9.17, 15) is 5.26 Å². The van der Waals surface area contributed by atoms with Crippen LogP contribution in [0.4, 0.5) is 5.82 Å². The molecule has 0 aromatic carbocycles. The van der Waals surface area contributed by atoms with E-state index >= 15 is 0 Å². The monoisotopic (exact) mass is 470 g/mol. The Morgan fingerprint density at radius 3 is 2.80 bits per heavy atom. The number of nitrogens with one attached hydrogen (secondary N) is 2. The van der Waals surface area contributed by atoms with Crippen molar-refractivity contribution in [2.45, 2.75) is 25.4 Å². The molecule has 3 aliphatic heterocycles. The lowest BCUT2D eigenvalue weighted by atomic mass is 9.87. The molecule has 9 heteroatoms. The molecule has 0 radical (unpaired) electrons. The van der Waals surface area contributed by atoms with Gasteiger partial charge in [0.15, 0.2) is 0 Å². The average Bonchev–Trinajstić information content (AvgIpc) is 3.32. The second-order valence-corrected chi connectivity index (χ2v) is 8.93. The molecule has 35 heavy (non-hydrogen) atoms. The number of ether oxygens (including phenoxy) is 1. The van der Waals surface area contributed by atoms with Crippen LogP contribution in [0.5, 0.6) is 0 Å². The molecule has 180 valence electrons. The normalized spacial score (nSPS) is 19.9. The van der Waals surface area contributed by atoms with E-state index in [4.69, 9.17) is 15.1 Å². The third-order valence-corrected chi connectivity index (χ3v) is 6.95. The molecule has 0 saturated carbocycles. The van der Waals surface area contributed by atoms with Crippen molar-refractivity contribution in [2.75, 3.05) is 44.8 Å². The quantitative estimate of drug-likeness (QED) is 0.366. The van der Waals surface area contributed by atoms with Crippen LogP contribution < -0.4 is 10.2 Å². The SMILES string of the molecule is CCOCCN1C2CC1CN(c1ccc(-c3cc(/C(C=N)=C/NC)cn4ncc(C#N)c34)cn1)C2. The molecule has 3 aromatic rings. The summed E-state index contributed by atoms with van der Waals surface area (Å²) in [5.74, 6) is 0.976. The zero-order valence-electron chi connectivity index (χ0n) is 20.1. The van der Waals surface area contributed by atoms with E-state index in [0.717, 1.165) is 66.4 Å². The molecule has 0 spiro atoms. The van der Waals surface area contributed by atoms with E-state index in [1.54, 1.807) is 24.0 Å². The van der Waals surface area contributed by atoms with Crippen LogP contribution in [0, 0.1) is 16.7 Å². The summed E-state index contributed by atoms with van der Waals surface area (Å²) in [5, 5.41) is 24.8. The van der Waals surface area contributed by atoms with E-state index in [0.29, 0.717) is 17.6 Å². The topological polar surface area (TPSA) is 106 Å². The van der Waals surface area contributed by atoms with Crippen LogP contribution in [0.1, 0.15) is 24.5 Å². The van der Waals surface area contributed by atoms with Gasteiger partial charge in [0.25, 0.3) is 0 Å². The summed E-state index contributed by atoms with van der Waals surface area (Å²) in [6, 6.07) is 9.50. The van der Waals surface area contributed by atoms with Crippen LogP contribution in [0.25, 0.3) is 22.2 Å². The number of allylic oxidation sites excluding steroid dienone is 1. The lowest BCUT2D eigenvalue weighted by Gasteiger charge is -2.56. The van der Waals surface area contributed by atoms with Gasteiger partial charge in [0.2, 0.25) is 0 Å². The summed E-state index contributed by atoms with van der Waals surface area (Å²) in [7, 11) is 1.80. The molecule has 3 aromatic heterocycles. The molecular formula is C26H30N8O. The Labute approximate surface area is 205 Å². The molecule has 6 heterocycles. The zero-order valence-corrected chi connectivity index (χ0v) is 20.1. The van der Waals surface area contributed by atoms with Crippen molar-refractivity contribution >= 4 is 23.1 Å². The van der Waals surface area contributed by atoms with E-state index < -0.39 is 0 Å². The van der Waals surface area contributed by atoms with Crippen molar-refractivity contribution in [3.63, 3.8) is 0 Å². The van der Waals surface area contributed by atoms with Gasteiger partial charge in [-0.05, 0) is 31.5 Å². The van der Waals surface area contributed by atoms with Crippen LogP contribution in [-0.2, 0) is 4.74 Å². The van der Waals surface area contributed by atoms with Crippen LogP contribution in [-0.4, -0.2) is 77.7 Å². The third kappa shape index (κ3) is 4.27. The second kappa shape index (κ2) is 9.86. The largest absolute Gasteiger partial charge is 0.393 e. The fraction of sp³-hybridized carbons (Fsp3) is 0.385. The number of aromatic nitrogens is 3. The Hall–Kier alpha value is -3.74. The molecule has 3 aliphatic rings. The van der Waals surface area contributed by atoms with E-state index in [2.05, 4.69) is 38.4 Å². The molecular weight excluding hydrogens is 440 g/mol. The number of piperazine rings is 1. The fourth-order valence-corrected chi connectivity index (χ4v) is 5.23. The van der Waals surface area contributed by atoms with Gasteiger partial charge in [-0.2, -0.15) is 10.4 Å². The fourth-order valence-electron chi connectivity index (χ4n) is 5.23. The Morgan fingerprint density at radius 2 is 2.14 bits per heavy atom. The van der Waals surface area contributed by atoms with Gasteiger partial charge in [0, 0.05) is 92.4 Å². The van der Waals surface area contributed by atoms with Crippen LogP contribution in [0.2, 0.25) is 0 Å². The van der Waals surface area contributed by atoms with Gasteiger partial charge < -0.3 is 20.4 Å². The van der Waals surface area contributed by atoms with E-state index in [1.807, 2.05) is 25.4 Å². The van der Waals surface area contributed by atoms with Gasteiger partial charge in [-0.1, -0.05) is 0 Å². The number of hydrogen-bond acceptors (Lipinski definition) is 8. The molecule has 2 unspecified atom stereocenters. The molecule has 3 fully saturated rings. The highest BCUT2D eigenvalue weighted by Crippen LogP contribution is 2.35. The van der Waals surface area contributed by atoms with Crippen LogP contribution in [0.15, 0.2) is 43.0 Å². The Morgan fingerprint density at radius 1 is 1.31 bits per heavy atom. The van der Waals surface area contributed by atoms with Gasteiger partial charge in [-0.15, -0.1) is 0 Å². The highest BCUT2D eigenvalue weighted by molar-refractivity contribution is 6.08. The zero-order chi connectivity index (χ0) is 24.4. The molecule has 6 rings (SSSR count). The lowest BCUT2D eigenvalue weighted by molar-refractivity contribution is -0.0223. The highest BCUT2D eigenvalue weighted by atomic mass is 16.5. The Kier molecular flexibility index (Phi) is 6.49. The summed E-state index contributed by atoms with van der Waals surface area (Å²) >= 11 is 0. The summed E-state index contributed by atoms with van der Waals surface area (Å²) in [6.07, 6.45) is 9.62. The predicted molar refractivity (Wildman–Crippen MR) is 137 cm³/mol. The summed E-state index contributed by atoms with van der Waals surface area (Å²) < 4.78 is 7.25. The third-order valence-electron chi connectivity index (χ3n) is 6.95. The maximum atomic E-state index is 9.64. The second-order valence-electron chi connectivity index (χ2n) is 8.93. The minimum atomic E-state index is 0.507. The van der Waals surface area contributed by atoms with Crippen molar-refractivity contribution in [3.05, 3.63) is 54.1 Å². The molecule has 2 atom stereocenters. The van der Waals surface area contributed by atoms with Crippen molar-refractivity contribution in [2.24, 2.45) is 0 Å². The van der Waals surface area contributed by atoms with Crippen molar-refractivity contribution in [1.82, 2.24) is 24.8 Å². The summed E-state index contributed by atoms with van der Waals surface area (Å²) in [4.78, 5) is 9.74. The van der Waals surface area contributed by atoms with E-state index in [1.165, 1.54) is 12.6 Å². The van der Waals surface area contributed by atoms with Gasteiger partial charge in [0.1, 0.15) is 11.9 Å². The maximum Gasteiger partial charge on any atom is 0.128 e. The first-order chi connectivity index (χ1) is 17.2. The first-order valence-electron chi connectivity index (χ1n) is 12.0. The van der Waals surface area contributed by atoms with Crippen molar-refractivity contribution in [1.29, 1.82) is 10.7 Å². The first kappa shape index (κ1) is 23.0. The Bertz CT molecular complexity index is 1280. The minimum absolute atomic E-state index is 0.507. The molecule has 0 amide bonds. The number of nitrogens with zero attached hydrogens (tertiary/aromatic N) is 6.